The van der Waals surface area contributed by atoms with E-state index in [1.165, 1.54) is 55.5 Å². The van der Waals surface area contributed by atoms with Gasteiger partial charge in [0.25, 0.3) is 10.0 Å². The monoisotopic (exact) mass is 661 g/mol. The van der Waals surface area contributed by atoms with Gasteiger partial charge in [0, 0.05) is 30.1 Å². The number of hydrogen-bond acceptors (Lipinski definition) is 6. The van der Waals surface area contributed by atoms with E-state index in [1.54, 1.807) is 36.4 Å². The Hall–Kier alpha value is -4.90. The molecule has 0 bridgehead atoms. The molecule has 1 atom stereocenters. The summed E-state index contributed by atoms with van der Waals surface area (Å²) in [7, 11) is -1.55. The van der Waals surface area contributed by atoms with E-state index in [4.69, 9.17) is 9.47 Å². The zero-order valence-electron chi connectivity index (χ0n) is 27.1. The van der Waals surface area contributed by atoms with Crippen molar-refractivity contribution in [2.45, 2.75) is 50.2 Å². The minimum atomic E-state index is -4.38. The van der Waals surface area contributed by atoms with E-state index in [-0.39, 0.29) is 34.9 Å². The second-order valence-electron chi connectivity index (χ2n) is 11.9. The molecule has 47 heavy (non-hydrogen) atoms. The molecule has 0 saturated heterocycles. The fraction of sp³-hybridized carbons (Fsp3) is 0.278. The maximum atomic E-state index is 15.1. The predicted molar refractivity (Wildman–Crippen MR) is 179 cm³/mol. The summed E-state index contributed by atoms with van der Waals surface area (Å²) in [4.78, 5) is 29.6. The molecule has 2 amide bonds. The molecule has 0 aliphatic rings. The van der Waals surface area contributed by atoms with Crippen molar-refractivity contribution in [2.24, 2.45) is 0 Å². The molecular weight excluding hydrogens is 621 g/mol. The topological polar surface area (TPSA) is 105 Å². The first-order valence-electron chi connectivity index (χ1n) is 15.0. The van der Waals surface area contributed by atoms with E-state index < -0.39 is 45.8 Å². The molecule has 11 heteroatoms. The zero-order valence-corrected chi connectivity index (χ0v) is 28.0. The fourth-order valence-electron chi connectivity index (χ4n) is 5.04. The molecule has 4 aromatic rings. The molecule has 0 aromatic heterocycles. The van der Waals surface area contributed by atoms with Crippen LogP contribution in [0.1, 0.15) is 31.9 Å². The van der Waals surface area contributed by atoms with Gasteiger partial charge in [-0.15, -0.1) is 0 Å². The molecule has 0 saturated carbocycles. The Bertz CT molecular complexity index is 1780. The largest absolute Gasteiger partial charge is 0.493 e. The summed E-state index contributed by atoms with van der Waals surface area (Å²) in [5.41, 5.74) is 0.522. The first-order chi connectivity index (χ1) is 22.3. The number of sulfonamides is 1. The maximum Gasteiger partial charge on any atom is 0.264 e. The van der Waals surface area contributed by atoms with Crippen LogP contribution in [0.15, 0.2) is 108 Å². The number of rotatable bonds is 13. The number of ether oxygens (including phenoxy) is 2. The molecule has 0 aliphatic heterocycles. The maximum absolute atomic E-state index is 15.1. The van der Waals surface area contributed by atoms with Crippen LogP contribution in [0.25, 0.3) is 0 Å². The summed E-state index contributed by atoms with van der Waals surface area (Å²) in [6.45, 7) is 4.50. The Balaban J connectivity index is 1.83. The Morgan fingerprint density at radius 2 is 1.43 bits per heavy atom. The van der Waals surface area contributed by atoms with Crippen LogP contribution in [0.2, 0.25) is 0 Å². The van der Waals surface area contributed by atoms with E-state index in [9.17, 15) is 18.0 Å². The molecule has 0 unspecified atom stereocenters. The van der Waals surface area contributed by atoms with Gasteiger partial charge < -0.3 is 19.7 Å². The average Bonchev–Trinajstić information content (AvgIpc) is 3.05. The van der Waals surface area contributed by atoms with Crippen molar-refractivity contribution in [3.8, 4) is 11.5 Å². The number of methoxy groups -OCH3 is 2. The smallest absolute Gasteiger partial charge is 0.264 e. The fourth-order valence-corrected chi connectivity index (χ4v) is 6.47. The summed E-state index contributed by atoms with van der Waals surface area (Å²) in [5.74, 6) is -1.20. The van der Waals surface area contributed by atoms with E-state index in [0.717, 1.165) is 9.87 Å². The van der Waals surface area contributed by atoms with Gasteiger partial charge in [0.05, 0.1) is 24.8 Å². The normalized spacial score (nSPS) is 12.1. The van der Waals surface area contributed by atoms with Gasteiger partial charge in [0.2, 0.25) is 11.8 Å². The van der Waals surface area contributed by atoms with Gasteiger partial charge in [-0.25, -0.2) is 12.8 Å². The van der Waals surface area contributed by atoms with Crippen LogP contribution in [0, 0.1) is 5.82 Å². The number of anilines is 1. The highest BCUT2D eigenvalue weighted by Crippen LogP contribution is 2.32. The Labute approximate surface area is 276 Å². The molecule has 0 aliphatic carbocycles. The summed E-state index contributed by atoms with van der Waals surface area (Å²) >= 11 is 0. The second-order valence-corrected chi connectivity index (χ2v) is 13.8. The average molecular weight is 662 g/mol. The van der Waals surface area contributed by atoms with E-state index in [1.807, 2.05) is 51.1 Å². The third-order valence-electron chi connectivity index (χ3n) is 7.33. The van der Waals surface area contributed by atoms with Crippen molar-refractivity contribution in [3.63, 3.8) is 0 Å². The zero-order chi connectivity index (χ0) is 34.2. The van der Waals surface area contributed by atoms with Crippen LogP contribution in [0.4, 0.5) is 10.1 Å². The van der Waals surface area contributed by atoms with Crippen LogP contribution in [-0.4, -0.2) is 57.5 Å². The number of carbonyl (C=O) groups is 2. The minimum Gasteiger partial charge on any atom is -0.493 e. The lowest BCUT2D eigenvalue weighted by atomic mass is 10.0. The van der Waals surface area contributed by atoms with Crippen molar-refractivity contribution in [2.75, 3.05) is 25.1 Å². The quantitative estimate of drug-likeness (QED) is 0.200. The van der Waals surface area contributed by atoms with E-state index >= 15 is 4.39 Å². The van der Waals surface area contributed by atoms with Gasteiger partial charge in [-0.2, -0.15) is 0 Å². The van der Waals surface area contributed by atoms with Crippen molar-refractivity contribution in [1.29, 1.82) is 0 Å². The molecule has 1 N–H and O–H groups in total. The first kappa shape index (κ1) is 35.0. The lowest BCUT2D eigenvalue weighted by molar-refractivity contribution is -0.140. The standard InChI is InChI=1S/C36H40FN3O6S/c1-36(2,3)38-35(42)31(22-26-14-8-6-9-15-26)39(24-27-16-12-13-19-30(27)37)34(41)25-40(28-17-10-7-11-18-28)47(43,44)29-20-21-32(45-4)33(23-29)46-5/h6-21,23,31H,22,24-25H2,1-5H3,(H,38,42)/t31-/m0/s1. The molecule has 0 fully saturated rings. The highest BCUT2D eigenvalue weighted by molar-refractivity contribution is 7.92. The molecule has 4 rings (SSSR count). The lowest BCUT2D eigenvalue weighted by Crippen LogP contribution is -2.56. The minimum absolute atomic E-state index is 0.108. The van der Waals surface area contributed by atoms with Crippen molar-refractivity contribution in [3.05, 3.63) is 120 Å². The van der Waals surface area contributed by atoms with Crippen LogP contribution < -0.4 is 19.1 Å². The van der Waals surface area contributed by atoms with Crippen molar-refractivity contribution >= 4 is 27.5 Å². The SMILES string of the molecule is COc1ccc(S(=O)(=O)N(CC(=O)N(Cc2ccccc2F)[C@@H](Cc2ccccc2)C(=O)NC(C)(C)C)c2ccccc2)cc1OC. The van der Waals surface area contributed by atoms with Gasteiger partial charge in [0.1, 0.15) is 18.4 Å². The van der Waals surface area contributed by atoms with Crippen molar-refractivity contribution < 1.29 is 31.9 Å². The highest BCUT2D eigenvalue weighted by atomic mass is 32.2. The van der Waals surface area contributed by atoms with Gasteiger partial charge in [-0.05, 0) is 56.7 Å². The molecule has 0 radical (unpaired) electrons. The Kier molecular flexibility index (Phi) is 11.3. The third-order valence-corrected chi connectivity index (χ3v) is 9.10. The number of para-hydroxylation sites is 1. The van der Waals surface area contributed by atoms with Crippen LogP contribution in [0.5, 0.6) is 11.5 Å². The number of hydrogen-bond donors (Lipinski definition) is 1. The number of benzene rings is 4. The lowest BCUT2D eigenvalue weighted by Gasteiger charge is -2.35. The van der Waals surface area contributed by atoms with Crippen molar-refractivity contribution in [1.82, 2.24) is 10.2 Å². The van der Waals surface area contributed by atoms with Crippen LogP contribution in [-0.2, 0) is 32.6 Å². The van der Waals surface area contributed by atoms with Gasteiger partial charge in [-0.1, -0.05) is 66.7 Å². The second kappa shape index (κ2) is 15.1. The molecule has 9 nitrogen and oxygen atoms in total. The number of carbonyl (C=O) groups excluding carboxylic acids is 2. The number of amides is 2. The van der Waals surface area contributed by atoms with Crippen LogP contribution >= 0.6 is 0 Å². The van der Waals surface area contributed by atoms with E-state index in [2.05, 4.69) is 5.32 Å². The van der Waals surface area contributed by atoms with Gasteiger partial charge in [0.15, 0.2) is 11.5 Å². The van der Waals surface area contributed by atoms with Gasteiger partial charge in [-0.3, -0.25) is 13.9 Å². The molecular formula is C36H40FN3O6S. The Morgan fingerprint density at radius 1 is 0.830 bits per heavy atom. The molecule has 0 spiro atoms. The summed E-state index contributed by atoms with van der Waals surface area (Å²) in [5, 5.41) is 2.96. The number of halogens is 1. The molecule has 0 heterocycles. The molecule has 4 aromatic carbocycles. The summed E-state index contributed by atoms with van der Waals surface area (Å²) in [6.07, 6.45) is 0.108. The Morgan fingerprint density at radius 3 is 2.02 bits per heavy atom. The van der Waals surface area contributed by atoms with E-state index in [0.29, 0.717) is 5.75 Å². The third kappa shape index (κ3) is 8.88. The highest BCUT2D eigenvalue weighted by Gasteiger charge is 2.36. The van der Waals surface area contributed by atoms with Crippen LogP contribution in [0.3, 0.4) is 0 Å². The number of nitrogens with zero attached hydrogens (tertiary/aromatic N) is 2. The summed E-state index contributed by atoms with van der Waals surface area (Å²) in [6, 6.07) is 26.4. The summed E-state index contributed by atoms with van der Waals surface area (Å²) < 4.78 is 55.2. The first-order valence-corrected chi connectivity index (χ1v) is 16.5. The molecule has 248 valence electrons. The number of nitrogens with one attached hydrogen (secondary N) is 1. The predicted octanol–water partition coefficient (Wildman–Crippen LogP) is 5.59. The van der Waals surface area contributed by atoms with Gasteiger partial charge >= 0.3 is 0 Å².